The molecule has 1 amide bonds. The minimum absolute atomic E-state index is 0.0603. The first-order chi connectivity index (χ1) is 16.6. The second-order valence-corrected chi connectivity index (χ2v) is 8.68. The van der Waals surface area contributed by atoms with Crippen molar-refractivity contribution in [2.75, 3.05) is 32.7 Å². The van der Waals surface area contributed by atoms with Crippen LogP contribution in [0.1, 0.15) is 11.1 Å². The number of benzodiazepines with no additional fused rings is 1. The van der Waals surface area contributed by atoms with E-state index < -0.39 is 0 Å². The van der Waals surface area contributed by atoms with Gasteiger partial charge in [0.25, 0.3) is 0 Å². The van der Waals surface area contributed by atoms with E-state index >= 15 is 0 Å². The molecule has 2 heterocycles. The third-order valence-electron chi connectivity index (χ3n) is 5.82. The van der Waals surface area contributed by atoms with E-state index in [0.29, 0.717) is 11.5 Å². The van der Waals surface area contributed by atoms with Crippen molar-refractivity contribution in [2.24, 2.45) is 4.99 Å². The molecule has 34 heavy (non-hydrogen) atoms. The Labute approximate surface area is 202 Å². The van der Waals surface area contributed by atoms with Crippen molar-refractivity contribution >= 4 is 28.6 Å². The van der Waals surface area contributed by atoms with E-state index in [-0.39, 0.29) is 12.5 Å². The van der Waals surface area contributed by atoms with Crippen molar-refractivity contribution < 1.29 is 14.3 Å². The van der Waals surface area contributed by atoms with Gasteiger partial charge in [0.2, 0.25) is 5.91 Å². The minimum Gasteiger partial charge on any atom is -0.493 e. The number of anilines is 1. The molecule has 0 fully saturated rings. The Morgan fingerprint density at radius 2 is 1.59 bits per heavy atom. The molecule has 3 aromatic carbocycles. The van der Waals surface area contributed by atoms with Gasteiger partial charge in [-0.2, -0.15) is 0 Å². The lowest BCUT2D eigenvalue weighted by atomic mass is 9.98. The van der Waals surface area contributed by atoms with E-state index in [1.54, 1.807) is 37.5 Å². The van der Waals surface area contributed by atoms with Crippen LogP contribution in [0.4, 0.5) is 5.69 Å². The van der Waals surface area contributed by atoms with Gasteiger partial charge in [0.15, 0.2) is 11.5 Å². The first kappa shape index (κ1) is 21.9. The molecule has 7 heteroatoms. The van der Waals surface area contributed by atoms with Gasteiger partial charge < -0.3 is 14.4 Å². The van der Waals surface area contributed by atoms with Crippen molar-refractivity contribution in [1.29, 1.82) is 0 Å². The van der Waals surface area contributed by atoms with Crippen LogP contribution in [-0.2, 0) is 4.79 Å². The van der Waals surface area contributed by atoms with E-state index in [1.165, 1.54) is 0 Å². The number of ether oxygens (including phenoxy) is 2. The first-order valence-electron chi connectivity index (χ1n) is 10.8. The van der Waals surface area contributed by atoms with Crippen LogP contribution in [0.2, 0.25) is 0 Å². The number of thiazole rings is 1. The van der Waals surface area contributed by atoms with E-state index in [2.05, 4.69) is 23.6 Å². The van der Waals surface area contributed by atoms with Crippen molar-refractivity contribution in [3.05, 3.63) is 83.2 Å². The number of methoxy groups -OCH3 is 2. The SMILES string of the molecule is COc1cc2c(cc1OC)N(C)C(=O)CN=C2c1cccc(-c2nc(-c3ccccc3)cs2)c1. The zero-order valence-corrected chi connectivity index (χ0v) is 19.9. The zero-order valence-electron chi connectivity index (χ0n) is 19.1. The molecule has 1 aromatic heterocycles. The van der Waals surface area contributed by atoms with Crippen molar-refractivity contribution in [3.63, 3.8) is 0 Å². The molecule has 170 valence electrons. The van der Waals surface area contributed by atoms with Crippen molar-refractivity contribution in [3.8, 4) is 33.3 Å². The number of hydrogen-bond acceptors (Lipinski definition) is 6. The average molecular weight is 470 g/mol. The molecule has 0 radical (unpaired) electrons. The second kappa shape index (κ2) is 9.11. The molecule has 0 spiro atoms. The standard InChI is InChI=1S/C27H23N3O3S/c1-30-22-14-24(33-3)23(32-2)13-20(22)26(28-15-25(30)31)18-10-7-11-19(12-18)27-29-21(16-34-27)17-8-5-4-6-9-17/h4-14,16H,15H2,1-3H3. The van der Waals surface area contributed by atoms with Crippen LogP contribution in [0.5, 0.6) is 11.5 Å². The molecule has 5 rings (SSSR count). The summed E-state index contributed by atoms with van der Waals surface area (Å²) in [6.07, 6.45) is 0. The highest BCUT2D eigenvalue weighted by Gasteiger charge is 2.25. The number of benzene rings is 3. The number of carbonyl (C=O) groups excluding carboxylic acids is 1. The number of likely N-dealkylation sites (N-methyl/N-ethyl adjacent to an activating group) is 1. The number of nitrogens with zero attached hydrogens (tertiary/aromatic N) is 3. The summed E-state index contributed by atoms with van der Waals surface area (Å²) in [6.45, 7) is 0.0603. The molecule has 0 saturated heterocycles. The fourth-order valence-corrected chi connectivity index (χ4v) is 4.83. The molecular weight excluding hydrogens is 446 g/mol. The summed E-state index contributed by atoms with van der Waals surface area (Å²) in [5, 5.41) is 3.00. The maximum absolute atomic E-state index is 12.7. The number of fused-ring (bicyclic) bond motifs is 1. The maximum Gasteiger partial charge on any atom is 0.248 e. The largest absolute Gasteiger partial charge is 0.493 e. The van der Waals surface area contributed by atoms with Gasteiger partial charge in [0, 0.05) is 40.7 Å². The van der Waals surface area contributed by atoms with Crippen LogP contribution in [0.25, 0.3) is 21.8 Å². The number of amides is 1. The van der Waals surface area contributed by atoms with Crippen LogP contribution in [0.3, 0.4) is 0 Å². The molecule has 0 N–H and O–H groups in total. The van der Waals surface area contributed by atoms with Gasteiger partial charge in [-0.3, -0.25) is 9.79 Å². The molecule has 0 aliphatic carbocycles. The smallest absolute Gasteiger partial charge is 0.248 e. The molecule has 1 aliphatic rings. The Morgan fingerprint density at radius 3 is 2.35 bits per heavy atom. The summed E-state index contributed by atoms with van der Waals surface area (Å²) in [4.78, 5) is 23.8. The average Bonchev–Trinajstić information content (AvgIpc) is 3.35. The lowest BCUT2D eigenvalue weighted by Crippen LogP contribution is -2.27. The quantitative estimate of drug-likeness (QED) is 0.397. The van der Waals surface area contributed by atoms with E-state index in [0.717, 1.165) is 44.4 Å². The summed E-state index contributed by atoms with van der Waals surface area (Å²) in [5.41, 5.74) is 6.22. The highest BCUT2D eigenvalue weighted by molar-refractivity contribution is 7.13. The number of carbonyl (C=O) groups is 1. The molecule has 0 bridgehead atoms. The third-order valence-corrected chi connectivity index (χ3v) is 6.71. The Morgan fingerprint density at radius 1 is 0.882 bits per heavy atom. The zero-order chi connectivity index (χ0) is 23.7. The van der Waals surface area contributed by atoms with Gasteiger partial charge in [-0.25, -0.2) is 4.98 Å². The van der Waals surface area contributed by atoms with Gasteiger partial charge in [0.1, 0.15) is 11.6 Å². The topological polar surface area (TPSA) is 64.0 Å². The number of aliphatic imine (C=N–C) groups is 1. The van der Waals surface area contributed by atoms with E-state index in [9.17, 15) is 4.79 Å². The Bertz CT molecular complexity index is 1400. The molecule has 1 aliphatic heterocycles. The molecule has 0 saturated carbocycles. The van der Waals surface area contributed by atoms with Gasteiger partial charge >= 0.3 is 0 Å². The molecule has 4 aromatic rings. The van der Waals surface area contributed by atoms with Crippen LogP contribution >= 0.6 is 11.3 Å². The summed E-state index contributed by atoms with van der Waals surface area (Å²) in [7, 11) is 4.93. The fraction of sp³-hybridized carbons (Fsp3) is 0.148. The van der Waals surface area contributed by atoms with E-state index in [4.69, 9.17) is 19.5 Å². The van der Waals surface area contributed by atoms with Crippen LogP contribution in [0.15, 0.2) is 77.1 Å². The predicted octanol–water partition coefficient (Wildman–Crippen LogP) is 5.31. The number of rotatable bonds is 5. The molecule has 0 unspecified atom stereocenters. The van der Waals surface area contributed by atoms with E-state index in [1.807, 2.05) is 48.5 Å². The summed E-state index contributed by atoms with van der Waals surface area (Å²) in [5.74, 6) is 1.06. The normalized spacial score (nSPS) is 13.2. The minimum atomic E-state index is -0.0907. The highest BCUT2D eigenvalue weighted by atomic mass is 32.1. The molecule has 6 nitrogen and oxygen atoms in total. The van der Waals surface area contributed by atoms with Crippen LogP contribution < -0.4 is 14.4 Å². The maximum atomic E-state index is 12.7. The monoisotopic (exact) mass is 469 g/mol. The molecule has 0 atom stereocenters. The lowest BCUT2D eigenvalue weighted by Gasteiger charge is -2.20. The summed E-state index contributed by atoms with van der Waals surface area (Å²) >= 11 is 1.60. The Kier molecular flexibility index (Phi) is 5.86. The Balaban J connectivity index is 1.59. The fourth-order valence-electron chi connectivity index (χ4n) is 4.00. The van der Waals surface area contributed by atoms with Gasteiger partial charge in [-0.15, -0.1) is 11.3 Å². The predicted molar refractivity (Wildman–Crippen MR) is 136 cm³/mol. The first-order valence-corrected chi connectivity index (χ1v) is 11.7. The second-order valence-electron chi connectivity index (χ2n) is 7.83. The van der Waals surface area contributed by atoms with Crippen molar-refractivity contribution in [2.45, 2.75) is 0 Å². The van der Waals surface area contributed by atoms with Gasteiger partial charge in [-0.05, 0) is 12.1 Å². The number of aromatic nitrogens is 1. The summed E-state index contributed by atoms with van der Waals surface area (Å²) < 4.78 is 11.0. The third kappa shape index (κ3) is 3.95. The van der Waals surface area contributed by atoms with Crippen molar-refractivity contribution in [1.82, 2.24) is 4.98 Å². The van der Waals surface area contributed by atoms with Crippen LogP contribution in [0, 0.1) is 0 Å². The Hall–Kier alpha value is -3.97. The highest BCUT2D eigenvalue weighted by Crippen LogP contribution is 2.38. The number of hydrogen-bond donors (Lipinski definition) is 0. The lowest BCUT2D eigenvalue weighted by molar-refractivity contribution is -0.116. The van der Waals surface area contributed by atoms with Crippen LogP contribution in [-0.4, -0.2) is 44.4 Å². The summed E-state index contributed by atoms with van der Waals surface area (Å²) in [6, 6.07) is 22.0. The molecular formula is C27H23N3O3S. The van der Waals surface area contributed by atoms with Gasteiger partial charge in [-0.1, -0.05) is 48.5 Å². The van der Waals surface area contributed by atoms with Gasteiger partial charge in [0.05, 0.1) is 31.3 Å².